The number of hydrogen-bond acceptors (Lipinski definition) is 5. The molecule has 206 valence electrons. The maximum absolute atomic E-state index is 14.2. The van der Waals surface area contributed by atoms with Crippen molar-refractivity contribution in [3.05, 3.63) is 69.7 Å². The fourth-order valence-corrected chi connectivity index (χ4v) is 7.50. The predicted octanol–water partition coefficient (Wildman–Crippen LogP) is 4.63. The van der Waals surface area contributed by atoms with Crippen LogP contribution < -0.4 is 4.72 Å². The standard InChI is InChI=1S/C27H32Cl2N2O6S/c1-3-22(16-38(35,36)30-21-14-37-15-21)31-25(17-7-9-19(28)10-8-17)23(18-5-4-6-20(29)11-18)12-27(2,26(31)34)13-24(32)33/h4-11,21-23,25,30H,3,12-16H2,1-2H3,(H,32,33)/t22?,23-,25-,27-/m1/s1. The number of carboxylic acid groups (broad SMARTS) is 1. The molecule has 0 radical (unpaired) electrons. The van der Waals surface area contributed by atoms with Gasteiger partial charge in [0.2, 0.25) is 15.9 Å². The van der Waals surface area contributed by atoms with Crippen molar-refractivity contribution >= 4 is 45.1 Å². The maximum atomic E-state index is 14.2. The number of likely N-dealkylation sites (tertiary alicyclic amines) is 1. The molecular formula is C27H32Cl2N2O6S. The monoisotopic (exact) mass is 582 g/mol. The van der Waals surface area contributed by atoms with Gasteiger partial charge in [-0.1, -0.05) is 61.3 Å². The second-order valence-electron chi connectivity index (χ2n) is 10.4. The first-order chi connectivity index (χ1) is 17.9. The summed E-state index contributed by atoms with van der Waals surface area (Å²) in [5.74, 6) is -2.14. The van der Waals surface area contributed by atoms with Gasteiger partial charge in [0.1, 0.15) is 0 Å². The summed E-state index contributed by atoms with van der Waals surface area (Å²) in [6, 6.07) is 12.9. The van der Waals surface area contributed by atoms with E-state index in [-0.39, 0.29) is 36.5 Å². The molecule has 1 unspecified atom stereocenters. The average molecular weight is 584 g/mol. The largest absolute Gasteiger partial charge is 0.481 e. The van der Waals surface area contributed by atoms with Gasteiger partial charge in [-0.2, -0.15) is 0 Å². The molecule has 2 heterocycles. The molecule has 38 heavy (non-hydrogen) atoms. The number of carboxylic acids is 1. The molecule has 4 atom stereocenters. The summed E-state index contributed by atoms with van der Waals surface area (Å²) < 4.78 is 34.0. The van der Waals surface area contributed by atoms with Gasteiger partial charge in [0, 0.05) is 22.0 Å². The molecular weight excluding hydrogens is 551 g/mol. The third-order valence-corrected chi connectivity index (χ3v) is 9.40. The van der Waals surface area contributed by atoms with Gasteiger partial charge in [0.25, 0.3) is 0 Å². The van der Waals surface area contributed by atoms with E-state index in [0.717, 1.165) is 11.1 Å². The van der Waals surface area contributed by atoms with Gasteiger partial charge < -0.3 is 14.7 Å². The van der Waals surface area contributed by atoms with Crippen molar-refractivity contribution in [2.45, 2.75) is 57.2 Å². The summed E-state index contributed by atoms with van der Waals surface area (Å²) in [6.07, 6.45) is 0.222. The van der Waals surface area contributed by atoms with E-state index in [1.54, 1.807) is 30.0 Å². The van der Waals surface area contributed by atoms with Crippen molar-refractivity contribution in [2.75, 3.05) is 19.0 Å². The van der Waals surface area contributed by atoms with Gasteiger partial charge in [-0.3, -0.25) is 9.59 Å². The Balaban J connectivity index is 1.84. The zero-order valence-corrected chi connectivity index (χ0v) is 23.6. The molecule has 8 nitrogen and oxygen atoms in total. The first-order valence-corrected chi connectivity index (χ1v) is 15.0. The van der Waals surface area contributed by atoms with Crippen LogP contribution in [0.25, 0.3) is 0 Å². The predicted molar refractivity (Wildman–Crippen MR) is 146 cm³/mol. The fourth-order valence-electron chi connectivity index (χ4n) is 5.53. The molecule has 2 aliphatic rings. The van der Waals surface area contributed by atoms with Crippen LogP contribution in [-0.2, 0) is 24.3 Å². The van der Waals surface area contributed by atoms with Crippen LogP contribution in [0.3, 0.4) is 0 Å². The molecule has 0 saturated carbocycles. The Kier molecular flexibility index (Phi) is 8.74. The second-order valence-corrected chi connectivity index (χ2v) is 13.1. The normalized spacial score (nSPS) is 25.2. The van der Waals surface area contributed by atoms with Crippen LogP contribution in [0.15, 0.2) is 48.5 Å². The van der Waals surface area contributed by atoms with Crippen molar-refractivity contribution < 1.29 is 27.9 Å². The number of carbonyl (C=O) groups excluding carboxylic acids is 1. The average Bonchev–Trinajstić information content (AvgIpc) is 2.82. The summed E-state index contributed by atoms with van der Waals surface area (Å²) >= 11 is 12.5. The zero-order chi connectivity index (χ0) is 27.7. The van der Waals surface area contributed by atoms with Gasteiger partial charge in [0.05, 0.1) is 42.9 Å². The lowest BCUT2D eigenvalue weighted by Crippen LogP contribution is -2.58. The highest BCUT2D eigenvalue weighted by molar-refractivity contribution is 7.89. The number of ether oxygens (including phenoxy) is 1. The highest BCUT2D eigenvalue weighted by Crippen LogP contribution is 2.52. The number of aliphatic carboxylic acids is 1. The van der Waals surface area contributed by atoms with Gasteiger partial charge in [-0.15, -0.1) is 0 Å². The number of halogens is 2. The van der Waals surface area contributed by atoms with E-state index >= 15 is 0 Å². The molecule has 2 aromatic carbocycles. The number of carbonyl (C=O) groups is 2. The fraction of sp³-hybridized carbons (Fsp3) is 0.481. The number of amides is 1. The molecule has 2 aliphatic heterocycles. The Hall–Kier alpha value is -2.17. The van der Waals surface area contributed by atoms with Gasteiger partial charge in [-0.05, 0) is 48.2 Å². The molecule has 2 aromatic rings. The number of nitrogens with zero attached hydrogens (tertiary/aromatic N) is 1. The van der Waals surface area contributed by atoms with Gasteiger partial charge in [-0.25, -0.2) is 13.1 Å². The molecule has 0 aromatic heterocycles. The lowest BCUT2D eigenvalue weighted by atomic mass is 9.67. The van der Waals surface area contributed by atoms with Crippen LogP contribution in [0.1, 0.15) is 56.2 Å². The van der Waals surface area contributed by atoms with E-state index in [1.165, 1.54) is 0 Å². The molecule has 2 saturated heterocycles. The van der Waals surface area contributed by atoms with Gasteiger partial charge in [0.15, 0.2) is 0 Å². The van der Waals surface area contributed by atoms with Gasteiger partial charge >= 0.3 is 5.97 Å². The van der Waals surface area contributed by atoms with Crippen molar-refractivity contribution in [1.82, 2.24) is 9.62 Å². The third-order valence-electron chi connectivity index (χ3n) is 7.39. The summed E-state index contributed by atoms with van der Waals surface area (Å²) in [6.45, 7) is 4.09. The first-order valence-electron chi connectivity index (χ1n) is 12.6. The summed E-state index contributed by atoms with van der Waals surface area (Å²) in [5, 5.41) is 10.8. The van der Waals surface area contributed by atoms with E-state index in [2.05, 4.69) is 4.72 Å². The van der Waals surface area contributed by atoms with E-state index in [0.29, 0.717) is 29.7 Å². The van der Waals surface area contributed by atoms with E-state index in [9.17, 15) is 23.1 Å². The molecule has 11 heteroatoms. The SMILES string of the molecule is CCC(CS(=O)(=O)NC1COC1)N1C(=O)[C@@](C)(CC(=O)O)C[C@H](c2cccc(Cl)c2)[C@H]1c1ccc(Cl)cc1. The number of hydrogen-bond donors (Lipinski definition) is 2. The lowest BCUT2D eigenvalue weighted by molar-refractivity contribution is -0.160. The summed E-state index contributed by atoms with van der Waals surface area (Å²) in [4.78, 5) is 27.8. The van der Waals surface area contributed by atoms with Crippen molar-refractivity contribution in [3.8, 4) is 0 Å². The minimum Gasteiger partial charge on any atom is -0.481 e. The minimum atomic E-state index is -3.77. The Bertz CT molecular complexity index is 1280. The summed E-state index contributed by atoms with van der Waals surface area (Å²) in [5.41, 5.74) is 0.365. The van der Waals surface area contributed by atoms with Crippen LogP contribution in [-0.4, -0.2) is 61.4 Å². The van der Waals surface area contributed by atoms with Crippen LogP contribution in [0.4, 0.5) is 0 Å². The Morgan fingerprint density at radius 2 is 1.84 bits per heavy atom. The second kappa shape index (κ2) is 11.5. The molecule has 2 N–H and O–H groups in total. The Labute approximate surface area is 233 Å². The number of nitrogens with one attached hydrogen (secondary N) is 1. The van der Waals surface area contributed by atoms with Crippen molar-refractivity contribution in [3.63, 3.8) is 0 Å². The third kappa shape index (κ3) is 6.34. The topological polar surface area (TPSA) is 113 Å². The van der Waals surface area contributed by atoms with Crippen molar-refractivity contribution in [2.24, 2.45) is 5.41 Å². The van der Waals surface area contributed by atoms with Crippen molar-refractivity contribution in [1.29, 1.82) is 0 Å². The molecule has 0 bridgehead atoms. The number of benzene rings is 2. The molecule has 0 aliphatic carbocycles. The Morgan fingerprint density at radius 1 is 1.16 bits per heavy atom. The smallest absolute Gasteiger partial charge is 0.304 e. The minimum absolute atomic E-state index is 0.253. The van der Waals surface area contributed by atoms with Crippen LogP contribution >= 0.6 is 23.2 Å². The maximum Gasteiger partial charge on any atom is 0.304 e. The molecule has 2 fully saturated rings. The van der Waals surface area contributed by atoms with E-state index in [4.69, 9.17) is 27.9 Å². The molecule has 4 rings (SSSR count). The highest BCUT2D eigenvalue weighted by atomic mass is 35.5. The molecule has 0 spiro atoms. The summed E-state index contributed by atoms with van der Waals surface area (Å²) in [7, 11) is -3.77. The van der Waals surface area contributed by atoms with Crippen LogP contribution in [0, 0.1) is 5.41 Å². The first kappa shape index (κ1) is 28.8. The van der Waals surface area contributed by atoms with E-state index in [1.807, 2.05) is 37.3 Å². The molecule has 1 amide bonds. The number of sulfonamides is 1. The van der Waals surface area contributed by atoms with E-state index < -0.39 is 33.5 Å². The van der Waals surface area contributed by atoms with Crippen LogP contribution in [0.5, 0.6) is 0 Å². The zero-order valence-electron chi connectivity index (χ0n) is 21.3. The lowest BCUT2D eigenvalue weighted by Gasteiger charge is -2.51. The number of piperidine rings is 1. The quantitative estimate of drug-likeness (QED) is 0.422. The Morgan fingerprint density at radius 3 is 2.39 bits per heavy atom. The van der Waals surface area contributed by atoms with Crippen LogP contribution in [0.2, 0.25) is 10.0 Å². The highest BCUT2D eigenvalue weighted by Gasteiger charge is 2.52. The number of rotatable bonds is 10.